The standard InChI is InChI=1S/C19H22N2O2S/c1-13-8-16-9-14(2-5-18(16)23-13)10-20-19(22)21(17-3-4-17)11-15-6-7-24-12-15/h2,5-7,9,12-13,17H,3-4,8,10-11H2,1H3,(H,20,22). The molecule has 2 amide bonds. The summed E-state index contributed by atoms with van der Waals surface area (Å²) >= 11 is 1.68. The number of nitrogens with zero attached hydrogens (tertiary/aromatic N) is 1. The molecular weight excluding hydrogens is 320 g/mol. The molecule has 1 aliphatic heterocycles. The first-order valence-corrected chi connectivity index (χ1v) is 9.47. The topological polar surface area (TPSA) is 41.6 Å². The zero-order chi connectivity index (χ0) is 16.5. The van der Waals surface area contributed by atoms with Crippen LogP contribution in [0.4, 0.5) is 4.79 Å². The molecule has 1 aromatic heterocycles. The van der Waals surface area contributed by atoms with E-state index >= 15 is 0 Å². The molecule has 0 saturated heterocycles. The zero-order valence-corrected chi connectivity index (χ0v) is 14.6. The number of fused-ring (bicyclic) bond motifs is 1. The van der Waals surface area contributed by atoms with E-state index in [9.17, 15) is 4.79 Å². The summed E-state index contributed by atoms with van der Waals surface area (Å²) in [6, 6.07) is 8.74. The van der Waals surface area contributed by atoms with Gasteiger partial charge in [-0.1, -0.05) is 12.1 Å². The van der Waals surface area contributed by atoms with Gasteiger partial charge in [0.05, 0.1) is 0 Å². The molecule has 1 N–H and O–H groups in total. The highest BCUT2D eigenvalue weighted by Gasteiger charge is 2.32. The lowest BCUT2D eigenvalue weighted by molar-refractivity contribution is 0.191. The van der Waals surface area contributed by atoms with Crippen molar-refractivity contribution in [2.75, 3.05) is 0 Å². The largest absolute Gasteiger partial charge is 0.490 e. The van der Waals surface area contributed by atoms with E-state index in [1.54, 1.807) is 11.3 Å². The van der Waals surface area contributed by atoms with Gasteiger partial charge < -0.3 is 15.0 Å². The van der Waals surface area contributed by atoms with Crippen molar-refractivity contribution >= 4 is 17.4 Å². The third-order valence-corrected chi connectivity index (χ3v) is 5.32. The molecule has 24 heavy (non-hydrogen) atoms. The molecule has 1 saturated carbocycles. The Balaban J connectivity index is 1.38. The van der Waals surface area contributed by atoms with Crippen molar-refractivity contribution in [3.8, 4) is 5.75 Å². The summed E-state index contributed by atoms with van der Waals surface area (Å²) in [5.74, 6) is 0.981. The summed E-state index contributed by atoms with van der Waals surface area (Å²) in [7, 11) is 0. The van der Waals surface area contributed by atoms with Gasteiger partial charge >= 0.3 is 6.03 Å². The van der Waals surface area contributed by atoms with Crippen molar-refractivity contribution in [1.29, 1.82) is 0 Å². The van der Waals surface area contributed by atoms with Gasteiger partial charge in [0.2, 0.25) is 0 Å². The van der Waals surface area contributed by atoms with Crippen molar-refractivity contribution in [2.45, 2.75) is 51.4 Å². The van der Waals surface area contributed by atoms with Gasteiger partial charge in [0, 0.05) is 25.6 Å². The highest BCUT2D eigenvalue weighted by atomic mass is 32.1. The Morgan fingerprint density at radius 2 is 2.21 bits per heavy atom. The van der Waals surface area contributed by atoms with Gasteiger partial charge in [0.25, 0.3) is 0 Å². The Morgan fingerprint density at radius 1 is 1.33 bits per heavy atom. The first kappa shape index (κ1) is 15.5. The molecule has 0 bridgehead atoms. The summed E-state index contributed by atoms with van der Waals surface area (Å²) in [4.78, 5) is 14.6. The average Bonchev–Trinajstić information content (AvgIpc) is 3.14. The number of carbonyl (C=O) groups is 1. The number of benzene rings is 1. The Hall–Kier alpha value is -2.01. The molecule has 5 heteroatoms. The number of ether oxygens (including phenoxy) is 1. The molecular formula is C19H22N2O2S. The molecule has 4 rings (SSSR count). The molecule has 1 aromatic carbocycles. The van der Waals surface area contributed by atoms with Crippen LogP contribution in [0, 0.1) is 0 Å². The van der Waals surface area contributed by atoms with Crippen molar-refractivity contribution in [2.24, 2.45) is 0 Å². The quantitative estimate of drug-likeness (QED) is 0.894. The van der Waals surface area contributed by atoms with Crippen molar-refractivity contribution in [1.82, 2.24) is 10.2 Å². The Morgan fingerprint density at radius 3 is 2.96 bits per heavy atom. The van der Waals surface area contributed by atoms with Crippen LogP contribution in [-0.4, -0.2) is 23.1 Å². The van der Waals surface area contributed by atoms with Gasteiger partial charge in [-0.2, -0.15) is 11.3 Å². The van der Waals surface area contributed by atoms with Crippen LogP contribution in [0.5, 0.6) is 5.75 Å². The number of hydrogen-bond acceptors (Lipinski definition) is 3. The highest BCUT2D eigenvalue weighted by Crippen LogP contribution is 2.30. The van der Waals surface area contributed by atoms with E-state index in [-0.39, 0.29) is 12.1 Å². The fraction of sp³-hybridized carbons (Fsp3) is 0.421. The molecule has 4 nitrogen and oxygen atoms in total. The van der Waals surface area contributed by atoms with Crippen LogP contribution in [-0.2, 0) is 19.5 Å². The maximum atomic E-state index is 12.6. The van der Waals surface area contributed by atoms with E-state index in [0.717, 1.165) is 30.6 Å². The van der Waals surface area contributed by atoms with Gasteiger partial charge in [-0.05, 0) is 59.3 Å². The average molecular weight is 342 g/mol. The number of rotatable bonds is 5. The van der Waals surface area contributed by atoms with Crippen LogP contribution >= 0.6 is 11.3 Å². The third kappa shape index (κ3) is 3.41. The number of nitrogens with one attached hydrogen (secondary N) is 1. The normalized spacial score (nSPS) is 18.8. The van der Waals surface area contributed by atoms with Gasteiger partial charge in [-0.25, -0.2) is 4.79 Å². The lowest BCUT2D eigenvalue weighted by Crippen LogP contribution is -2.40. The predicted molar refractivity (Wildman–Crippen MR) is 95.4 cm³/mol. The first-order valence-electron chi connectivity index (χ1n) is 8.53. The maximum absolute atomic E-state index is 12.6. The predicted octanol–water partition coefficient (Wildman–Crippen LogP) is 3.95. The zero-order valence-electron chi connectivity index (χ0n) is 13.8. The second-order valence-electron chi connectivity index (χ2n) is 6.72. The van der Waals surface area contributed by atoms with Gasteiger partial charge in [0.15, 0.2) is 0 Å². The minimum atomic E-state index is 0.0359. The summed E-state index contributed by atoms with van der Waals surface area (Å²) in [6.45, 7) is 3.35. The van der Waals surface area contributed by atoms with Gasteiger partial charge in [-0.3, -0.25) is 0 Å². The van der Waals surface area contributed by atoms with Gasteiger partial charge in [0.1, 0.15) is 11.9 Å². The molecule has 2 aliphatic rings. The van der Waals surface area contributed by atoms with E-state index in [0.29, 0.717) is 19.1 Å². The lowest BCUT2D eigenvalue weighted by Gasteiger charge is -2.22. The second kappa shape index (κ2) is 6.48. The summed E-state index contributed by atoms with van der Waals surface area (Å²) in [6.07, 6.45) is 3.43. The number of thiophene rings is 1. The number of hydrogen-bond donors (Lipinski definition) is 1. The minimum absolute atomic E-state index is 0.0359. The maximum Gasteiger partial charge on any atom is 0.318 e. The first-order chi connectivity index (χ1) is 11.7. The van der Waals surface area contributed by atoms with Crippen LogP contribution in [0.1, 0.15) is 36.5 Å². The van der Waals surface area contributed by atoms with Crippen molar-refractivity contribution in [3.63, 3.8) is 0 Å². The molecule has 126 valence electrons. The molecule has 2 aromatic rings. The second-order valence-corrected chi connectivity index (χ2v) is 7.50. The Kier molecular flexibility index (Phi) is 4.19. The molecule has 1 fully saturated rings. The SMILES string of the molecule is CC1Cc2cc(CNC(=O)N(Cc3ccsc3)C3CC3)ccc2O1. The van der Waals surface area contributed by atoms with E-state index < -0.39 is 0 Å². The summed E-state index contributed by atoms with van der Waals surface area (Å²) in [5, 5.41) is 7.26. The van der Waals surface area contributed by atoms with Crippen molar-refractivity contribution in [3.05, 3.63) is 51.7 Å². The molecule has 1 atom stereocenters. The highest BCUT2D eigenvalue weighted by molar-refractivity contribution is 7.07. The summed E-state index contributed by atoms with van der Waals surface area (Å²) < 4.78 is 5.73. The van der Waals surface area contributed by atoms with E-state index in [1.807, 2.05) is 17.0 Å². The van der Waals surface area contributed by atoms with Crippen molar-refractivity contribution < 1.29 is 9.53 Å². The monoisotopic (exact) mass is 342 g/mol. The number of carbonyl (C=O) groups excluding carboxylic acids is 1. The molecule has 1 aliphatic carbocycles. The molecule has 1 unspecified atom stereocenters. The minimum Gasteiger partial charge on any atom is -0.490 e. The fourth-order valence-corrected chi connectivity index (χ4v) is 3.86. The lowest BCUT2D eigenvalue weighted by atomic mass is 10.1. The van der Waals surface area contributed by atoms with E-state index in [1.165, 1.54) is 11.1 Å². The summed E-state index contributed by atoms with van der Waals surface area (Å²) in [5.41, 5.74) is 3.59. The van der Waals surface area contributed by atoms with Crippen LogP contribution in [0.15, 0.2) is 35.0 Å². The smallest absolute Gasteiger partial charge is 0.318 e. The van der Waals surface area contributed by atoms with Gasteiger partial charge in [-0.15, -0.1) is 0 Å². The molecule has 0 radical (unpaired) electrons. The fourth-order valence-electron chi connectivity index (χ4n) is 3.20. The Bertz CT molecular complexity index is 725. The number of urea groups is 1. The Labute approximate surface area is 146 Å². The van der Waals surface area contributed by atoms with E-state index in [4.69, 9.17) is 4.74 Å². The van der Waals surface area contributed by atoms with E-state index in [2.05, 4.69) is 35.1 Å². The van der Waals surface area contributed by atoms with Crippen LogP contribution in [0.2, 0.25) is 0 Å². The van der Waals surface area contributed by atoms with Crippen LogP contribution < -0.4 is 10.1 Å². The molecule has 2 heterocycles. The third-order valence-electron chi connectivity index (χ3n) is 4.59. The molecule has 0 spiro atoms. The van der Waals surface area contributed by atoms with Crippen LogP contribution in [0.3, 0.4) is 0 Å². The van der Waals surface area contributed by atoms with Crippen LogP contribution in [0.25, 0.3) is 0 Å². The number of amides is 2.